The molecule has 0 amide bonds. The predicted octanol–water partition coefficient (Wildman–Crippen LogP) is 2.47. The van der Waals surface area contributed by atoms with E-state index in [9.17, 15) is 9.90 Å². The van der Waals surface area contributed by atoms with Crippen LogP contribution in [0.25, 0.3) is 33.4 Å². The van der Waals surface area contributed by atoms with Gasteiger partial charge < -0.3 is 5.11 Å². The maximum atomic E-state index is 13.1. The molecule has 134 valence electrons. The second kappa shape index (κ2) is 7.05. The zero-order chi connectivity index (χ0) is 18.8. The molecule has 0 aliphatic carbocycles. The van der Waals surface area contributed by atoms with E-state index in [2.05, 4.69) is 15.0 Å². The van der Waals surface area contributed by atoms with Gasteiger partial charge in [0, 0.05) is 35.9 Å². The summed E-state index contributed by atoms with van der Waals surface area (Å²) in [6.45, 7) is 1.62. The van der Waals surface area contributed by atoms with Crippen LogP contribution in [0.2, 0.25) is 0 Å². The molecule has 0 radical (unpaired) electrons. The lowest BCUT2D eigenvalue weighted by Gasteiger charge is -2.14. The van der Waals surface area contributed by atoms with Crippen LogP contribution in [0, 0.1) is 0 Å². The van der Waals surface area contributed by atoms with E-state index in [1.807, 2.05) is 24.3 Å². The first-order valence-corrected chi connectivity index (χ1v) is 8.52. The minimum absolute atomic E-state index is 0.146. The smallest absolute Gasteiger partial charge is 0.261 e. The third-order valence-corrected chi connectivity index (χ3v) is 4.44. The Labute approximate surface area is 155 Å². The maximum Gasteiger partial charge on any atom is 0.261 e. The molecule has 0 saturated heterocycles. The molecule has 7 heteroatoms. The molecular weight excluding hydrogens is 342 g/mol. The molecule has 4 aromatic rings. The SMILES string of the molecule is C[C@@H](CO)n1cnc2c(-c3ccncc3)nc(-c3ccncc3)cc2c1=O. The van der Waals surface area contributed by atoms with E-state index in [-0.39, 0.29) is 18.2 Å². The quantitative estimate of drug-likeness (QED) is 0.602. The largest absolute Gasteiger partial charge is 0.394 e. The molecule has 0 saturated carbocycles. The number of hydrogen-bond acceptors (Lipinski definition) is 6. The zero-order valence-electron chi connectivity index (χ0n) is 14.6. The van der Waals surface area contributed by atoms with Crippen molar-refractivity contribution in [3.05, 3.63) is 71.8 Å². The molecule has 0 aliphatic rings. The summed E-state index contributed by atoms with van der Waals surface area (Å²) >= 11 is 0. The molecule has 0 spiro atoms. The lowest BCUT2D eigenvalue weighted by Crippen LogP contribution is -2.25. The van der Waals surface area contributed by atoms with Crippen molar-refractivity contribution in [2.75, 3.05) is 6.61 Å². The summed E-state index contributed by atoms with van der Waals surface area (Å²) in [6, 6.07) is 8.73. The standard InChI is InChI=1S/C20H17N5O2/c1-13(11-26)25-12-23-19-16(20(25)27)10-17(14-2-6-21-7-3-14)24-18(19)15-4-8-22-9-5-15/h2-10,12-13,26H,11H2,1H3/t13-/m0/s1. The highest BCUT2D eigenvalue weighted by atomic mass is 16.3. The van der Waals surface area contributed by atoms with Gasteiger partial charge in [0.1, 0.15) is 5.52 Å². The number of fused-ring (bicyclic) bond motifs is 1. The number of aromatic nitrogens is 5. The van der Waals surface area contributed by atoms with Gasteiger partial charge in [0.25, 0.3) is 5.56 Å². The van der Waals surface area contributed by atoms with Gasteiger partial charge in [-0.3, -0.25) is 19.3 Å². The number of aliphatic hydroxyl groups excluding tert-OH is 1. The third-order valence-electron chi connectivity index (χ3n) is 4.44. The molecular formula is C20H17N5O2. The first-order valence-electron chi connectivity index (χ1n) is 8.52. The molecule has 0 unspecified atom stereocenters. The van der Waals surface area contributed by atoms with Crippen LogP contribution >= 0.6 is 0 Å². The van der Waals surface area contributed by atoms with E-state index in [0.717, 1.165) is 11.1 Å². The molecule has 4 aromatic heterocycles. The van der Waals surface area contributed by atoms with Crippen molar-refractivity contribution < 1.29 is 5.11 Å². The van der Waals surface area contributed by atoms with Crippen LogP contribution in [0.3, 0.4) is 0 Å². The Morgan fingerprint density at radius 3 is 2.30 bits per heavy atom. The molecule has 0 bridgehead atoms. The molecule has 4 heterocycles. The van der Waals surface area contributed by atoms with Crippen molar-refractivity contribution in [3.63, 3.8) is 0 Å². The Kier molecular flexibility index (Phi) is 4.43. The summed E-state index contributed by atoms with van der Waals surface area (Å²) in [7, 11) is 0. The fraction of sp³-hybridized carbons (Fsp3) is 0.150. The third kappa shape index (κ3) is 3.09. The van der Waals surface area contributed by atoms with Crippen LogP contribution in [0.4, 0.5) is 0 Å². The molecule has 0 fully saturated rings. The van der Waals surface area contributed by atoms with E-state index < -0.39 is 0 Å². The van der Waals surface area contributed by atoms with E-state index in [1.54, 1.807) is 37.8 Å². The van der Waals surface area contributed by atoms with Crippen LogP contribution < -0.4 is 5.56 Å². The number of pyridine rings is 3. The van der Waals surface area contributed by atoms with Crippen molar-refractivity contribution in [2.24, 2.45) is 0 Å². The Morgan fingerprint density at radius 1 is 1.04 bits per heavy atom. The molecule has 7 nitrogen and oxygen atoms in total. The monoisotopic (exact) mass is 359 g/mol. The second-order valence-electron chi connectivity index (χ2n) is 6.21. The fourth-order valence-corrected chi connectivity index (χ4v) is 2.93. The highest BCUT2D eigenvalue weighted by Gasteiger charge is 2.16. The van der Waals surface area contributed by atoms with Crippen molar-refractivity contribution in [1.29, 1.82) is 0 Å². The van der Waals surface area contributed by atoms with Crippen molar-refractivity contribution in [2.45, 2.75) is 13.0 Å². The van der Waals surface area contributed by atoms with Gasteiger partial charge in [-0.2, -0.15) is 0 Å². The highest BCUT2D eigenvalue weighted by Crippen LogP contribution is 2.28. The summed E-state index contributed by atoms with van der Waals surface area (Å²) in [5, 5.41) is 9.89. The Morgan fingerprint density at radius 2 is 1.67 bits per heavy atom. The average Bonchev–Trinajstić information content (AvgIpc) is 2.74. The summed E-state index contributed by atoms with van der Waals surface area (Å²) in [5.74, 6) is 0. The molecule has 0 aliphatic heterocycles. The molecule has 27 heavy (non-hydrogen) atoms. The maximum absolute atomic E-state index is 13.1. The van der Waals surface area contributed by atoms with Gasteiger partial charge in [0.05, 0.1) is 35.8 Å². The normalized spacial score (nSPS) is 12.2. The van der Waals surface area contributed by atoms with Crippen molar-refractivity contribution in [3.8, 4) is 22.5 Å². The van der Waals surface area contributed by atoms with Crippen LogP contribution in [0.1, 0.15) is 13.0 Å². The van der Waals surface area contributed by atoms with Crippen molar-refractivity contribution in [1.82, 2.24) is 24.5 Å². The zero-order valence-corrected chi connectivity index (χ0v) is 14.6. The predicted molar refractivity (Wildman–Crippen MR) is 102 cm³/mol. The molecule has 1 N–H and O–H groups in total. The average molecular weight is 359 g/mol. The second-order valence-corrected chi connectivity index (χ2v) is 6.21. The van der Waals surface area contributed by atoms with E-state index in [1.165, 1.54) is 10.9 Å². The molecule has 0 aromatic carbocycles. The Bertz CT molecular complexity index is 1140. The topological polar surface area (TPSA) is 93.8 Å². The lowest BCUT2D eigenvalue weighted by atomic mass is 10.1. The van der Waals surface area contributed by atoms with Crippen LogP contribution in [-0.4, -0.2) is 36.2 Å². The number of rotatable bonds is 4. The van der Waals surface area contributed by atoms with Crippen LogP contribution in [-0.2, 0) is 0 Å². The van der Waals surface area contributed by atoms with Gasteiger partial charge in [0.2, 0.25) is 0 Å². The minimum Gasteiger partial charge on any atom is -0.394 e. The minimum atomic E-state index is -0.365. The van der Waals surface area contributed by atoms with E-state index in [0.29, 0.717) is 22.3 Å². The Hall–Kier alpha value is -3.45. The van der Waals surface area contributed by atoms with Crippen LogP contribution in [0.5, 0.6) is 0 Å². The van der Waals surface area contributed by atoms with Gasteiger partial charge in [-0.05, 0) is 37.3 Å². The molecule has 1 atom stereocenters. The number of nitrogens with zero attached hydrogens (tertiary/aromatic N) is 5. The number of aliphatic hydroxyl groups is 1. The van der Waals surface area contributed by atoms with Gasteiger partial charge in [0.15, 0.2) is 0 Å². The Balaban J connectivity index is 2.06. The lowest BCUT2D eigenvalue weighted by molar-refractivity contribution is 0.236. The summed E-state index contributed by atoms with van der Waals surface area (Å²) < 4.78 is 1.44. The van der Waals surface area contributed by atoms with E-state index >= 15 is 0 Å². The van der Waals surface area contributed by atoms with E-state index in [4.69, 9.17) is 4.98 Å². The summed E-state index contributed by atoms with van der Waals surface area (Å²) in [4.78, 5) is 30.4. The van der Waals surface area contributed by atoms with Gasteiger partial charge in [-0.1, -0.05) is 0 Å². The highest BCUT2D eigenvalue weighted by molar-refractivity contribution is 5.93. The summed E-state index contributed by atoms with van der Waals surface area (Å²) in [5.41, 5.74) is 3.26. The van der Waals surface area contributed by atoms with Crippen LogP contribution in [0.15, 0.2) is 66.2 Å². The van der Waals surface area contributed by atoms with Crippen molar-refractivity contribution >= 4 is 10.9 Å². The number of hydrogen-bond donors (Lipinski definition) is 1. The fourth-order valence-electron chi connectivity index (χ4n) is 2.93. The summed E-state index contributed by atoms with van der Waals surface area (Å²) in [6.07, 6.45) is 8.18. The first-order chi connectivity index (χ1) is 13.2. The van der Waals surface area contributed by atoms with Gasteiger partial charge >= 0.3 is 0 Å². The van der Waals surface area contributed by atoms with Gasteiger partial charge in [-0.25, -0.2) is 9.97 Å². The molecule has 4 rings (SSSR count). The van der Waals surface area contributed by atoms with Gasteiger partial charge in [-0.15, -0.1) is 0 Å². The first kappa shape index (κ1) is 17.0.